The van der Waals surface area contributed by atoms with E-state index < -0.39 is 16.0 Å². The van der Waals surface area contributed by atoms with Crippen molar-refractivity contribution in [2.45, 2.75) is 31.6 Å². The van der Waals surface area contributed by atoms with E-state index in [4.69, 9.17) is 4.74 Å². The average Bonchev–Trinajstić information content (AvgIpc) is 3.18. The van der Waals surface area contributed by atoms with Crippen LogP contribution >= 0.6 is 0 Å². The lowest BCUT2D eigenvalue weighted by Crippen LogP contribution is -2.18. The molecule has 2 aromatic rings. The van der Waals surface area contributed by atoms with Gasteiger partial charge in [0.1, 0.15) is 0 Å². The Balaban J connectivity index is 1.77. The van der Waals surface area contributed by atoms with Crippen LogP contribution in [0.1, 0.15) is 35.7 Å². The molecular formula is C20H24N2O4S. The van der Waals surface area contributed by atoms with Crippen molar-refractivity contribution in [3.8, 4) is 0 Å². The van der Waals surface area contributed by atoms with E-state index in [9.17, 15) is 13.2 Å². The van der Waals surface area contributed by atoms with E-state index in [1.165, 1.54) is 37.1 Å². The highest BCUT2D eigenvalue weighted by Gasteiger charge is 2.18. The lowest BCUT2D eigenvalue weighted by Gasteiger charge is -2.19. The lowest BCUT2D eigenvalue weighted by molar-refractivity contribution is 0.0526. The summed E-state index contributed by atoms with van der Waals surface area (Å²) in [6.07, 6.45) is 2.38. The van der Waals surface area contributed by atoms with Crippen molar-refractivity contribution in [3.63, 3.8) is 0 Å². The van der Waals surface area contributed by atoms with Crippen LogP contribution < -0.4 is 9.62 Å². The number of benzene rings is 2. The van der Waals surface area contributed by atoms with E-state index in [2.05, 4.69) is 9.62 Å². The van der Waals surface area contributed by atoms with Gasteiger partial charge in [-0.3, -0.25) is 4.72 Å². The first-order chi connectivity index (χ1) is 12.9. The molecule has 0 saturated carbocycles. The van der Waals surface area contributed by atoms with Gasteiger partial charge >= 0.3 is 5.97 Å². The summed E-state index contributed by atoms with van der Waals surface area (Å²) >= 11 is 0. The maximum Gasteiger partial charge on any atom is 0.338 e. The van der Waals surface area contributed by atoms with Crippen LogP contribution in [-0.4, -0.2) is 34.1 Å². The Bertz CT molecular complexity index is 917. The minimum Gasteiger partial charge on any atom is -0.462 e. The minimum absolute atomic E-state index is 0.0959. The second-order valence-corrected chi connectivity index (χ2v) is 8.23. The van der Waals surface area contributed by atoms with E-state index >= 15 is 0 Å². The summed E-state index contributed by atoms with van der Waals surface area (Å²) in [5, 5.41) is 0. The van der Waals surface area contributed by atoms with Gasteiger partial charge in [-0.2, -0.15) is 0 Å². The number of carbonyl (C=O) groups is 1. The fourth-order valence-corrected chi connectivity index (χ4v) is 4.25. The highest BCUT2D eigenvalue weighted by molar-refractivity contribution is 7.92. The van der Waals surface area contributed by atoms with Gasteiger partial charge in [-0.1, -0.05) is 0 Å². The second-order valence-electron chi connectivity index (χ2n) is 6.54. The van der Waals surface area contributed by atoms with Crippen molar-refractivity contribution < 1.29 is 17.9 Å². The maximum absolute atomic E-state index is 12.7. The number of anilines is 2. The number of hydrogen-bond acceptors (Lipinski definition) is 5. The van der Waals surface area contributed by atoms with Crippen molar-refractivity contribution >= 4 is 27.4 Å². The number of sulfonamides is 1. The summed E-state index contributed by atoms with van der Waals surface area (Å²) in [4.78, 5) is 14.1. The molecule has 1 aliphatic heterocycles. The molecule has 3 rings (SSSR count). The zero-order chi connectivity index (χ0) is 19.4. The Morgan fingerprint density at radius 1 is 1.11 bits per heavy atom. The first-order valence-electron chi connectivity index (χ1n) is 9.06. The number of esters is 1. The molecular weight excluding hydrogens is 364 g/mol. The molecule has 0 spiro atoms. The quantitative estimate of drug-likeness (QED) is 0.766. The van der Waals surface area contributed by atoms with Crippen LogP contribution in [-0.2, 0) is 14.8 Å². The molecule has 2 aromatic carbocycles. The van der Waals surface area contributed by atoms with Gasteiger partial charge in [0.25, 0.3) is 10.0 Å². The predicted molar refractivity (Wildman–Crippen MR) is 106 cm³/mol. The molecule has 27 heavy (non-hydrogen) atoms. The Morgan fingerprint density at radius 2 is 1.78 bits per heavy atom. The first-order valence-corrected chi connectivity index (χ1v) is 10.5. The SMILES string of the molecule is CCOC(=O)c1ccc(S(=O)(=O)Nc2ccc(N3CCCC3)cc2C)cc1. The molecule has 0 aliphatic carbocycles. The fraction of sp³-hybridized carbons (Fsp3) is 0.350. The first kappa shape index (κ1) is 19.2. The molecule has 7 heteroatoms. The summed E-state index contributed by atoms with van der Waals surface area (Å²) in [5.41, 5.74) is 2.85. The third kappa shape index (κ3) is 4.42. The van der Waals surface area contributed by atoms with Crippen molar-refractivity contribution in [2.24, 2.45) is 0 Å². The summed E-state index contributed by atoms with van der Waals surface area (Å²) in [6.45, 7) is 5.96. The molecule has 1 saturated heterocycles. The van der Waals surface area contributed by atoms with Crippen LogP contribution in [0.3, 0.4) is 0 Å². The number of carbonyl (C=O) groups excluding carboxylic acids is 1. The van der Waals surface area contributed by atoms with E-state index in [0.717, 1.165) is 24.3 Å². The van der Waals surface area contributed by atoms with Gasteiger partial charge in [0, 0.05) is 18.8 Å². The van der Waals surface area contributed by atoms with Crippen LogP contribution in [0, 0.1) is 6.92 Å². The van der Waals surface area contributed by atoms with E-state index in [1.807, 2.05) is 19.1 Å². The molecule has 6 nitrogen and oxygen atoms in total. The second kappa shape index (κ2) is 8.00. The summed E-state index contributed by atoms with van der Waals surface area (Å²) in [7, 11) is -3.74. The predicted octanol–water partition coefficient (Wildman–Crippen LogP) is 3.57. The molecule has 0 unspecified atom stereocenters. The third-order valence-corrected chi connectivity index (χ3v) is 5.98. The molecule has 1 fully saturated rings. The van der Waals surface area contributed by atoms with Crippen LogP contribution in [0.25, 0.3) is 0 Å². The fourth-order valence-electron chi connectivity index (χ4n) is 3.12. The number of nitrogens with zero attached hydrogens (tertiary/aromatic N) is 1. The number of hydrogen-bond donors (Lipinski definition) is 1. The number of rotatable bonds is 6. The summed E-state index contributed by atoms with van der Waals surface area (Å²) in [5.74, 6) is -0.470. The zero-order valence-electron chi connectivity index (χ0n) is 15.6. The Kier molecular flexibility index (Phi) is 5.70. The van der Waals surface area contributed by atoms with Crippen molar-refractivity contribution in [1.29, 1.82) is 0 Å². The van der Waals surface area contributed by atoms with Gasteiger partial charge in [-0.15, -0.1) is 0 Å². The molecule has 0 atom stereocenters. The molecule has 1 N–H and O–H groups in total. The van der Waals surface area contributed by atoms with Gasteiger partial charge in [-0.25, -0.2) is 13.2 Å². The van der Waals surface area contributed by atoms with Crippen molar-refractivity contribution in [2.75, 3.05) is 29.3 Å². The highest BCUT2D eigenvalue weighted by Crippen LogP contribution is 2.27. The third-order valence-electron chi connectivity index (χ3n) is 4.60. The Hall–Kier alpha value is -2.54. The highest BCUT2D eigenvalue weighted by atomic mass is 32.2. The van der Waals surface area contributed by atoms with Gasteiger partial charge in [0.2, 0.25) is 0 Å². The van der Waals surface area contributed by atoms with Crippen LogP contribution in [0.5, 0.6) is 0 Å². The summed E-state index contributed by atoms with van der Waals surface area (Å²) in [6, 6.07) is 11.5. The Labute approximate surface area is 160 Å². The lowest BCUT2D eigenvalue weighted by atomic mass is 10.2. The standard InChI is InChI=1S/C20H24N2O4S/c1-3-26-20(23)16-6-9-18(10-7-16)27(24,25)21-19-11-8-17(14-15(19)2)22-12-4-5-13-22/h6-11,14,21H,3-5,12-13H2,1-2H3. The molecule has 144 valence electrons. The van der Waals surface area contributed by atoms with Gasteiger partial charge in [0.05, 0.1) is 22.8 Å². The van der Waals surface area contributed by atoms with E-state index in [1.54, 1.807) is 13.0 Å². The number of nitrogens with one attached hydrogen (secondary N) is 1. The molecule has 1 heterocycles. The molecule has 0 bridgehead atoms. The van der Waals surface area contributed by atoms with Crippen LogP contribution in [0.4, 0.5) is 11.4 Å². The topological polar surface area (TPSA) is 75.7 Å². The van der Waals surface area contributed by atoms with Crippen LogP contribution in [0.15, 0.2) is 47.4 Å². The van der Waals surface area contributed by atoms with Crippen LogP contribution in [0.2, 0.25) is 0 Å². The van der Waals surface area contributed by atoms with Crippen molar-refractivity contribution in [3.05, 3.63) is 53.6 Å². The van der Waals surface area contributed by atoms with Gasteiger partial charge in [0.15, 0.2) is 0 Å². The van der Waals surface area contributed by atoms with Gasteiger partial charge in [-0.05, 0) is 74.7 Å². The number of ether oxygens (including phenoxy) is 1. The normalized spacial score (nSPS) is 14.2. The minimum atomic E-state index is -3.74. The summed E-state index contributed by atoms with van der Waals surface area (Å²) < 4.78 is 32.9. The average molecular weight is 388 g/mol. The maximum atomic E-state index is 12.7. The smallest absolute Gasteiger partial charge is 0.338 e. The van der Waals surface area contributed by atoms with Crippen molar-refractivity contribution in [1.82, 2.24) is 0 Å². The van der Waals surface area contributed by atoms with Gasteiger partial charge < -0.3 is 9.64 Å². The van der Waals surface area contributed by atoms with E-state index in [0.29, 0.717) is 11.3 Å². The molecule has 0 amide bonds. The monoisotopic (exact) mass is 388 g/mol. The Morgan fingerprint density at radius 3 is 2.37 bits per heavy atom. The number of aryl methyl sites for hydroxylation is 1. The molecule has 0 aromatic heterocycles. The largest absolute Gasteiger partial charge is 0.462 e. The van der Waals surface area contributed by atoms with E-state index in [-0.39, 0.29) is 11.5 Å². The molecule has 0 radical (unpaired) electrons. The zero-order valence-corrected chi connectivity index (χ0v) is 16.4. The molecule has 1 aliphatic rings.